The van der Waals surface area contributed by atoms with Crippen LogP contribution in [-0.4, -0.2) is 46.2 Å². The Morgan fingerprint density at radius 2 is 1.80 bits per heavy atom. The van der Waals surface area contributed by atoms with Gasteiger partial charge in [0.15, 0.2) is 5.58 Å². The molecule has 5 rings (SSSR count). The topological polar surface area (TPSA) is 57.4 Å². The van der Waals surface area contributed by atoms with E-state index in [0.717, 1.165) is 43.8 Å². The highest BCUT2D eigenvalue weighted by atomic mass is 16.4. The Morgan fingerprint density at radius 3 is 2.63 bits per heavy atom. The molecule has 6 nitrogen and oxygen atoms in total. The Labute approximate surface area is 175 Å². The molecule has 1 saturated heterocycles. The minimum Gasteiger partial charge on any atom is -0.406 e. The first-order chi connectivity index (χ1) is 14.6. The predicted octanol–water partition coefficient (Wildman–Crippen LogP) is 4.07. The number of H-pyrrole nitrogens is 1. The summed E-state index contributed by atoms with van der Waals surface area (Å²) in [6.07, 6.45) is 3.32. The van der Waals surface area contributed by atoms with E-state index in [0.29, 0.717) is 17.7 Å². The SMILES string of the molecule is C[C@@H]1CN(c2cccc3[nH]c(=O)oc23)C[C@H](C)N1CCCn1ccc2ccccc21. The van der Waals surface area contributed by atoms with Crippen LogP contribution in [0.1, 0.15) is 20.3 Å². The highest BCUT2D eigenvalue weighted by Gasteiger charge is 2.30. The van der Waals surface area contributed by atoms with E-state index >= 15 is 0 Å². The molecule has 2 atom stereocenters. The molecule has 0 saturated carbocycles. The highest BCUT2D eigenvalue weighted by Crippen LogP contribution is 2.29. The van der Waals surface area contributed by atoms with Gasteiger partial charge < -0.3 is 13.9 Å². The van der Waals surface area contributed by atoms with Crippen molar-refractivity contribution in [1.82, 2.24) is 14.5 Å². The third-order valence-electron chi connectivity index (χ3n) is 6.36. The number of rotatable bonds is 5. The van der Waals surface area contributed by atoms with Crippen LogP contribution in [0.3, 0.4) is 0 Å². The van der Waals surface area contributed by atoms with Crippen molar-refractivity contribution in [3.8, 4) is 0 Å². The molecule has 6 heteroatoms. The van der Waals surface area contributed by atoms with Crippen molar-refractivity contribution < 1.29 is 4.42 Å². The lowest BCUT2D eigenvalue weighted by atomic mass is 10.1. The van der Waals surface area contributed by atoms with Crippen LogP contribution in [0.25, 0.3) is 22.0 Å². The minimum absolute atomic E-state index is 0.394. The number of benzene rings is 2. The summed E-state index contributed by atoms with van der Waals surface area (Å²) in [5.41, 5.74) is 3.74. The van der Waals surface area contributed by atoms with Crippen LogP contribution in [0.2, 0.25) is 0 Å². The Morgan fingerprint density at radius 1 is 1.00 bits per heavy atom. The fraction of sp³-hybridized carbons (Fsp3) is 0.375. The van der Waals surface area contributed by atoms with E-state index < -0.39 is 5.76 Å². The molecule has 1 aliphatic heterocycles. The minimum atomic E-state index is -0.394. The molecule has 1 fully saturated rings. The molecule has 30 heavy (non-hydrogen) atoms. The van der Waals surface area contributed by atoms with Gasteiger partial charge in [0.05, 0.1) is 11.2 Å². The lowest BCUT2D eigenvalue weighted by molar-refractivity contribution is 0.128. The van der Waals surface area contributed by atoms with Gasteiger partial charge in [-0.1, -0.05) is 24.3 Å². The monoisotopic (exact) mass is 404 g/mol. The second kappa shape index (κ2) is 7.69. The molecule has 0 radical (unpaired) electrons. The van der Waals surface area contributed by atoms with E-state index in [-0.39, 0.29) is 0 Å². The number of oxazole rings is 1. The van der Waals surface area contributed by atoms with Gasteiger partial charge in [-0.05, 0) is 49.9 Å². The first-order valence-electron chi connectivity index (χ1n) is 10.8. The molecule has 1 N–H and O–H groups in total. The Bertz CT molecular complexity index is 1210. The van der Waals surface area contributed by atoms with Crippen LogP contribution in [0.4, 0.5) is 5.69 Å². The molecule has 1 aliphatic rings. The maximum atomic E-state index is 11.7. The van der Waals surface area contributed by atoms with Crippen molar-refractivity contribution in [1.29, 1.82) is 0 Å². The van der Waals surface area contributed by atoms with E-state index in [4.69, 9.17) is 4.42 Å². The summed E-state index contributed by atoms with van der Waals surface area (Å²) in [5, 5.41) is 1.30. The molecule has 4 aromatic rings. The van der Waals surface area contributed by atoms with Crippen molar-refractivity contribution in [3.05, 3.63) is 65.3 Å². The molecular weight excluding hydrogens is 376 g/mol. The number of aromatic amines is 1. The van der Waals surface area contributed by atoms with E-state index in [1.807, 2.05) is 18.2 Å². The average molecular weight is 405 g/mol. The molecule has 0 bridgehead atoms. The number of nitrogens with one attached hydrogen (secondary N) is 1. The van der Waals surface area contributed by atoms with Crippen LogP contribution in [0.15, 0.2) is 63.9 Å². The summed E-state index contributed by atoms with van der Waals surface area (Å²) in [5.74, 6) is -0.394. The van der Waals surface area contributed by atoms with Gasteiger partial charge in [0, 0.05) is 50.0 Å². The fourth-order valence-corrected chi connectivity index (χ4v) is 4.96. The summed E-state index contributed by atoms with van der Waals surface area (Å²) in [7, 11) is 0. The standard InChI is InChI=1S/C24H28N4O2/c1-17-15-27(22-10-5-8-20-23(22)30-24(29)25-20)16-18(2)28(17)13-6-12-26-14-11-19-7-3-4-9-21(19)26/h3-5,7-11,14,17-18H,6,12-13,15-16H2,1-2H3,(H,25,29)/t17-,18+. The van der Waals surface area contributed by atoms with Crippen LogP contribution in [-0.2, 0) is 6.54 Å². The number of fused-ring (bicyclic) bond motifs is 2. The second-order valence-corrected chi connectivity index (χ2v) is 8.43. The van der Waals surface area contributed by atoms with E-state index in [2.05, 4.69) is 69.7 Å². The molecule has 0 aliphatic carbocycles. The van der Waals surface area contributed by atoms with Gasteiger partial charge in [0.1, 0.15) is 0 Å². The summed E-state index contributed by atoms with van der Waals surface area (Å²) < 4.78 is 7.78. The molecule has 156 valence electrons. The smallest absolute Gasteiger partial charge is 0.406 e. The third-order valence-corrected chi connectivity index (χ3v) is 6.36. The van der Waals surface area contributed by atoms with Gasteiger partial charge in [0.2, 0.25) is 0 Å². The van der Waals surface area contributed by atoms with Crippen LogP contribution in [0.5, 0.6) is 0 Å². The lowest BCUT2D eigenvalue weighted by Crippen LogP contribution is -2.57. The summed E-state index contributed by atoms with van der Waals surface area (Å²) in [6.45, 7) is 8.53. The average Bonchev–Trinajstić information content (AvgIpc) is 3.32. The molecule has 2 aromatic heterocycles. The molecule has 3 heterocycles. The Balaban J connectivity index is 1.26. The van der Waals surface area contributed by atoms with Gasteiger partial charge in [0.25, 0.3) is 0 Å². The number of aryl methyl sites for hydroxylation is 1. The fourth-order valence-electron chi connectivity index (χ4n) is 4.96. The third kappa shape index (κ3) is 3.41. The largest absolute Gasteiger partial charge is 0.417 e. The number of nitrogens with zero attached hydrogens (tertiary/aromatic N) is 3. The lowest BCUT2D eigenvalue weighted by Gasteiger charge is -2.45. The summed E-state index contributed by atoms with van der Waals surface area (Å²) in [6, 6.07) is 17.5. The maximum Gasteiger partial charge on any atom is 0.417 e. The van der Waals surface area contributed by atoms with Gasteiger partial charge in [-0.25, -0.2) is 4.79 Å². The van der Waals surface area contributed by atoms with E-state index in [1.54, 1.807) is 0 Å². The Kier molecular flexibility index (Phi) is 4.87. The number of piperazine rings is 1. The normalized spacial score (nSPS) is 20.4. The Hall–Kier alpha value is -2.99. The zero-order chi connectivity index (χ0) is 20.7. The van der Waals surface area contributed by atoms with Crippen molar-refractivity contribution >= 4 is 27.7 Å². The zero-order valence-corrected chi connectivity index (χ0v) is 17.5. The quantitative estimate of drug-likeness (QED) is 0.545. The molecule has 0 unspecified atom stereocenters. The van der Waals surface area contributed by atoms with Crippen molar-refractivity contribution in [2.24, 2.45) is 0 Å². The number of para-hydroxylation sites is 2. The first-order valence-corrected chi connectivity index (χ1v) is 10.8. The summed E-state index contributed by atoms with van der Waals surface area (Å²) in [4.78, 5) is 19.4. The van der Waals surface area contributed by atoms with Crippen molar-refractivity contribution in [2.75, 3.05) is 24.5 Å². The molecule has 0 spiro atoms. The molecular formula is C24H28N4O2. The van der Waals surface area contributed by atoms with Gasteiger partial charge in [-0.2, -0.15) is 0 Å². The number of aromatic nitrogens is 2. The zero-order valence-electron chi connectivity index (χ0n) is 17.5. The molecule has 0 amide bonds. The van der Waals surface area contributed by atoms with Gasteiger partial charge >= 0.3 is 5.76 Å². The number of hydrogen-bond acceptors (Lipinski definition) is 4. The molecule has 2 aromatic carbocycles. The van der Waals surface area contributed by atoms with Crippen molar-refractivity contribution in [2.45, 2.75) is 38.9 Å². The van der Waals surface area contributed by atoms with Gasteiger partial charge in [-0.3, -0.25) is 9.88 Å². The highest BCUT2D eigenvalue weighted by molar-refractivity contribution is 5.86. The number of hydrogen-bond donors (Lipinski definition) is 1. The van der Waals surface area contributed by atoms with Crippen molar-refractivity contribution in [3.63, 3.8) is 0 Å². The first kappa shape index (κ1) is 19.0. The maximum absolute atomic E-state index is 11.7. The van der Waals surface area contributed by atoms with Gasteiger partial charge in [-0.15, -0.1) is 0 Å². The summed E-state index contributed by atoms with van der Waals surface area (Å²) >= 11 is 0. The van der Waals surface area contributed by atoms with Crippen LogP contribution in [0, 0.1) is 0 Å². The van der Waals surface area contributed by atoms with E-state index in [9.17, 15) is 4.79 Å². The van der Waals surface area contributed by atoms with Crippen LogP contribution < -0.4 is 10.7 Å². The second-order valence-electron chi connectivity index (χ2n) is 8.43. The predicted molar refractivity (Wildman–Crippen MR) is 121 cm³/mol. The van der Waals surface area contributed by atoms with E-state index in [1.165, 1.54) is 10.9 Å². The number of anilines is 1. The van der Waals surface area contributed by atoms with Crippen LogP contribution >= 0.6 is 0 Å².